The maximum absolute atomic E-state index is 12.9. The molecule has 1 N–H and O–H groups in total. The normalized spacial score (nSPS) is 12.1. The molecule has 0 unspecified atom stereocenters. The van der Waals surface area contributed by atoms with Gasteiger partial charge >= 0.3 is 6.18 Å². The van der Waals surface area contributed by atoms with E-state index < -0.39 is 12.0 Å². The number of hydrogen-bond acceptors (Lipinski definition) is 4. The first kappa shape index (κ1) is 18.4. The third kappa shape index (κ3) is 3.72. The fourth-order valence-corrected chi connectivity index (χ4v) is 3.36. The van der Waals surface area contributed by atoms with Crippen molar-refractivity contribution in [2.75, 3.05) is 5.32 Å². The van der Waals surface area contributed by atoms with E-state index in [0.717, 1.165) is 16.9 Å². The van der Waals surface area contributed by atoms with Crippen molar-refractivity contribution in [1.82, 2.24) is 14.6 Å². The Kier molecular flexibility index (Phi) is 4.74. The van der Waals surface area contributed by atoms with Crippen molar-refractivity contribution in [2.24, 2.45) is 5.92 Å². The molecule has 0 bridgehead atoms. The molecule has 26 heavy (non-hydrogen) atoms. The molecule has 3 aromatic rings. The molecule has 138 valence electrons. The predicted molar refractivity (Wildman–Crippen MR) is 94.1 cm³/mol. The van der Waals surface area contributed by atoms with Crippen molar-refractivity contribution >= 4 is 27.9 Å². The largest absolute Gasteiger partial charge is 0.453 e. The Morgan fingerprint density at radius 2 is 2.08 bits per heavy atom. The summed E-state index contributed by atoms with van der Waals surface area (Å²) in [6.07, 6.45) is -4.25. The van der Waals surface area contributed by atoms with E-state index in [0.29, 0.717) is 23.4 Å². The van der Waals surface area contributed by atoms with Crippen molar-refractivity contribution in [3.8, 4) is 11.3 Å². The Morgan fingerprint density at radius 3 is 2.73 bits per heavy atom. The van der Waals surface area contributed by atoms with E-state index in [4.69, 9.17) is 0 Å². The molecule has 0 aliphatic heterocycles. The molecule has 5 nitrogen and oxygen atoms in total. The number of fused-ring (bicyclic) bond motifs is 1. The topological polar surface area (TPSA) is 59.3 Å². The lowest BCUT2D eigenvalue weighted by atomic mass is 10.1. The van der Waals surface area contributed by atoms with Gasteiger partial charge in [-0.3, -0.25) is 4.79 Å². The second-order valence-electron chi connectivity index (χ2n) is 6.44. The molecule has 0 radical (unpaired) electrons. The third-order valence-electron chi connectivity index (χ3n) is 3.65. The first-order valence-electron chi connectivity index (χ1n) is 7.97. The Hall–Kier alpha value is -2.42. The van der Waals surface area contributed by atoms with Crippen LogP contribution >= 0.6 is 11.3 Å². The van der Waals surface area contributed by atoms with Gasteiger partial charge in [0.2, 0.25) is 10.9 Å². The summed E-state index contributed by atoms with van der Waals surface area (Å²) in [5.74, 6) is -1.13. The SMILES string of the molecule is Cc1ccc(NC(=O)CC(C)C)c(-c2csc3nc(C(F)(F)F)nn23)c1. The fraction of sp³-hybridized carbons (Fsp3) is 0.353. The fourth-order valence-electron chi connectivity index (χ4n) is 2.54. The monoisotopic (exact) mass is 382 g/mol. The van der Waals surface area contributed by atoms with Crippen LogP contribution in [-0.2, 0) is 11.0 Å². The van der Waals surface area contributed by atoms with E-state index in [1.165, 1.54) is 4.52 Å². The molecule has 0 saturated carbocycles. The summed E-state index contributed by atoms with van der Waals surface area (Å²) >= 11 is 1.07. The number of thiazole rings is 1. The molecule has 0 spiro atoms. The van der Waals surface area contributed by atoms with Gasteiger partial charge < -0.3 is 5.32 Å². The minimum atomic E-state index is -4.61. The van der Waals surface area contributed by atoms with E-state index >= 15 is 0 Å². The summed E-state index contributed by atoms with van der Waals surface area (Å²) in [6.45, 7) is 5.74. The molecule has 1 aromatic carbocycles. The Morgan fingerprint density at radius 1 is 1.35 bits per heavy atom. The predicted octanol–water partition coefficient (Wildman–Crippen LogP) is 4.77. The summed E-state index contributed by atoms with van der Waals surface area (Å²) < 4.78 is 39.8. The summed E-state index contributed by atoms with van der Waals surface area (Å²) in [5, 5.41) is 8.12. The number of aryl methyl sites for hydroxylation is 1. The highest BCUT2D eigenvalue weighted by Crippen LogP contribution is 2.34. The number of alkyl halides is 3. The Balaban J connectivity index is 2.06. The Labute approximate surface area is 151 Å². The summed E-state index contributed by atoms with van der Waals surface area (Å²) in [6, 6.07) is 5.38. The quantitative estimate of drug-likeness (QED) is 0.707. The van der Waals surface area contributed by atoms with Crippen LogP contribution in [0.4, 0.5) is 18.9 Å². The Bertz CT molecular complexity index is 959. The number of rotatable bonds is 4. The number of amides is 1. The van der Waals surface area contributed by atoms with Crippen molar-refractivity contribution in [2.45, 2.75) is 33.4 Å². The molecule has 0 fully saturated rings. The number of carbonyl (C=O) groups excluding carboxylic acids is 1. The van der Waals surface area contributed by atoms with E-state index in [1.54, 1.807) is 17.5 Å². The summed E-state index contributed by atoms with van der Waals surface area (Å²) in [5.41, 5.74) is 2.51. The second kappa shape index (κ2) is 6.71. The zero-order valence-corrected chi connectivity index (χ0v) is 15.2. The molecule has 0 aliphatic rings. The van der Waals surface area contributed by atoms with Crippen molar-refractivity contribution in [3.63, 3.8) is 0 Å². The number of carbonyl (C=O) groups is 1. The van der Waals surface area contributed by atoms with Gasteiger partial charge in [0.05, 0.1) is 11.4 Å². The molecular weight excluding hydrogens is 365 g/mol. The molecular formula is C17H17F3N4OS. The van der Waals surface area contributed by atoms with Crippen molar-refractivity contribution in [1.29, 1.82) is 0 Å². The van der Waals surface area contributed by atoms with Crippen LogP contribution in [0.5, 0.6) is 0 Å². The molecule has 2 aromatic heterocycles. The summed E-state index contributed by atoms with van der Waals surface area (Å²) in [4.78, 5) is 15.8. The number of benzene rings is 1. The summed E-state index contributed by atoms with van der Waals surface area (Å²) in [7, 11) is 0. The average molecular weight is 382 g/mol. The van der Waals surface area contributed by atoms with Crippen LogP contribution < -0.4 is 5.32 Å². The third-order valence-corrected chi connectivity index (χ3v) is 4.47. The highest BCUT2D eigenvalue weighted by atomic mass is 32.1. The van der Waals surface area contributed by atoms with Gasteiger partial charge in [-0.2, -0.15) is 18.2 Å². The lowest BCUT2D eigenvalue weighted by Gasteiger charge is -2.12. The number of aromatic nitrogens is 3. The highest BCUT2D eigenvalue weighted by Gasteiger charge is 2.37. The number of nitrogens with one attached hydrogen (secondary N) is 1. The standard InChI is InChI=1S/C17H17F3N4OS/c1-9(2)6-14(25)21-12-5-4-10(3)7-11(12)13-8-26-16-22-15(17(18,19)20)23-24(13)16/h4-5,7-9H,6H2,1-3H3,(H,21,25). The molecule has 0 atom stereocenters. The van der Waals surface area contributed by atoms with E-state index in [1.807, 2.05) is 26.8 Å². The maximum atomic E-state index is 12.9. The van der Waals surface area contributed by atoms with Gasteiger partial charge in [0.15, 0.2) is 0 Å². The van der Waals surface area contributed by atoms with Gasteiger partial charge in [-0.05, 0) is 25.0 Å². The first-order chi connectivity index (χ1) is 12.1. The number of nitrogens with zero attached hydrogens (tertiary/aromatic N) is 3. The number of halogens is 3. The van der Waals surface area contributed by atoms with Crippen LogP contribution in [0.3, 0.4) is 0 Å². The first-order valence-corrected chi connectivity index (χ1v) is 8.85. The van der Waals surface area contributed by atoms with Crippen LogP contribution in [0.25, 0.3) is 16.2 Å². The smallest absolute Gasteiger partial charge is 0.325 e. The lowest BCUT2D eigenvalue weighted by Crippen LogP contribution is -2.14. The average Bonchev–Trinajstić information content (AvgIpc) is 3.08. The van der Waals surface area contributed by atoms with Gasteiger partial charge in [-0.25, -0.2) is 4.52 Å². The molecule has 2 heterocycles. The van der Waals surface area contributed by atoms with Crippen LogP contribution in [0.1, 0.15) is 31.7 Å². The maximum Gasteiger partial charge on any atom is 0.453 e. The van der Waals surface area contributed by atoms with Crippen LogP contribution in [0.2, 0.25) is 0 Å². The highest BCUT2D eigenvalue weighted by molar-refractivity contribution is 7.15. The van der Waals surface area contributed by atoms with Gasteiger partial charge in [-0.1, -0.05) is 25.5 Å². The zero-order valence-electron chi connectivity index (χ0n) is 14.4. The lowest BCUT2D eigenvalue weighted by molar-refractivity contribution is -0.144. The van der Waals surface area contributed by atoms with E-state index in [2.05, 4.69) is 15.4 Å². The second-order valence-corrected chi connectivity index (χ2v) is 7.28. The van der Waals surface area contributed by atoms with E-state index in [-0.39, 0.29) is 16.8 Å². The van der Waals surface area contributed by atoms with Gasteiger partial charge in [0, 0.05) is 17.4 Å². The van der Waals surface area contributed by atoms with E-state index in [9.17, 15) is 18.0 Å². The van der Waals surface area contributed by atoms with Crippen LogP contribution in [0, 0.1) is 12.8 Å². The molecule has 0 saturated heterocycles. The molecule has 9 heteroatoms. The van der Waals surface area contributed by atoms with Crippen molar-refractivity contribution < 1.29 is 18.0 Å². The molecule has 1 amide bonds. The van der Waals surface area contributed by atoms with Crippen molar-refractivity contribution in [3.05, 3.63) is 35.0 Å². The van der Waals surface area contributed by atoms with Gasteiger partial charge in [0.1, 0.15) is 0 Å². The van der Waals surface area contributed by atoms with Gasteiger partial charge in [0.25, 0.3) is 5.82 Å². The minimum absolute atomic E-state index is 0.147. The van der Waals surface area contributed by atoms with Gasteiger partial charge in [-0.15, -0.1) is 16.4 Å². The van der Waals surface area contributed by atoms with Crippen LogP contribution in [0.15, 0.2) is 23.6 Å². The number of anilines is 1. The zero-order chi connectivity index (χ0) is 19.1. The molecule has 0 aliphatic carbocycles. The van der Waals surface area contributed by atoms with Crippen LogP contribution in [-0.4, -0.2) is 20.5 Å². The molecule has 3 rings (SSSR count). The number of hydrogen-bond donors (Lipinski definition) is 1. The minimum Gasteiger partial charge on any atom is -0.325 e.